The van der Waals surface area contributed by atoms with E-state index in [-0.39, 0.29) is 0 Å². The lowest BCUT2D eigenvalue weighted by atomic mass is 10.4. The Kier molecular flexibility index (Phi) is 3.92. The summed E-state index contributed by atoms with van der Waals surface area (Å²) in [5.41, 5.74) is 6.25. The Balaban J connectivity index is 1.78. The van der Waals surface area contributed by atoms with E-state index in [1.807, 2.05) is 12.3 Å². The number of nitrogens with one attached hydrogen (secondary N) is 1. The van der Waals surface area contributed by atoms with Crippen molar-refractivity contribution in [2.24, 2.45) is 0 Å². The Bertz CT molecular complexity index is 470. The molecule has 0 atom stereocenters. The zero-order valence-corrected chi connectivity index (χ0v) is 10.8. The van der Waals surface area contributed by atoms with Gasteiger partial charge < -0.3 is 11.1 Å². The number of pyridine rings is 1. The summed E-state index contributed by atoms with van der Waals surface area (Å²) in [4.78, 5) is 4.19. The van der Waals surface area contributed by atoms with Gasteiger partial charge in [-0.05, 0) is 28.4 Å². The van der Waals surface area contributed by atoms with E-state index in [2.05, 4.69) is 36.5 Å². The molecular formula is C10H13BrN6. The number of hydrogen-bond donors (Lipinski definition) is 2. The molecule has 6 nitrogen and oxygen atoms in total. The maximum atomic E-state index is 5.61. The second-order valence-corrected chi connectivity index (χ2v) is 4.40. The Morgan fingerprint density at radius 2 is 2.35 bits per heavy atom. The molecule has 2 rings (SSSR count). The number of aryl methyl sites for hydroxylation is 1. The van der Waals surface area contributed by atoms with E-state index in [9.17, 15) is 0 Å². The number of nitrogen functional groups attached to an aromatic ring is 1. The average molecular weight is 297 g/mol. The molecule has 0 spiro atoms. The van der Waals surface area contributed by atoms with Crippen LogP contribution in [0, 0.1) is 0 Å². The summed E-state index contributed by atoms with van der Waals surface area (Å²) in [5.74, 6) is 0.804. The van der Waals surface area contributed by atoms with E-state index in [0.29, 0.717) is 5.69 Å². The molecule has 2 aromatic rings. The molecule has 0 aliphatic heterocycles. The van der Waals surface area contributed by atoms with Crippen LogP contribution in [0.15, 0.2) is 29.1 Å². The highest BCUT2D eigenvalue weighted by Crippen LogP contribution is 2.21. The predicted molar refractivity (Wildman–Crippen MR) is 69.5 cm³/mol. The van der Waals surface area contributed by atoms with Gasteiger partial charge in [-0.1, -0.05) is 5.21 Å². The van der Waals surface area contributed by atoms with Crippen LogP contribution in [0.4, 0.5) is 11.5 Å². The molecular weight excluding hydrogens is 284 g/mol. The lowest BCUT2D eigenvalue weighted by Crippen LogP contribution is -2.08. The standard InChI is InChI=1S/C10H13BrN6/c11-9-6-8(12)7-14-10(9)13-2-1-4-17-5-3-15-16-17/h3,5-7H,1-2,4,12H2,(H,13,14). The molecule has 90 valence electrons. The second-order valence-electron chi connectivity index (χ2n) is 3.55. The van der Waals surface area contributed by atoms with Gasteiger partial charge in [-0.25, -0.2) is 4.98 Å². The van der Waals surface area contributed by atoms with Crippen molar-refractivity contribution in [1.29, 1.82) is 0 Å². The zero-order valence-electron chi connectivity index (χ0n) is 9.17. The van der Waals surface area contributed by atoms with Crippen molar-refractivity contribution in [2.45, 2.75) is 13.0 Å². The van der Waals surface area contributed by atoms with Crippen LogP contribution in [-0.2, 0) is 6.54 Å². The number of hydrogen-bond acceptors (Lipinski definition) is 5. The van der Waals surface area contributed by atoms with Crippen LogP contribution in [0.3, 0.4) is 0 Å². The average Bonchev–Trinajstić information content (AvgIpc) is 2.79. The van der Waals surface area contributed by atoms with Gasteiger partial charge in [0.05, 0.1) is 22.6 Å². The molecule has 2 aromatic heterocycles. The summed E-state index contributed by atoms with van der Waals surface area (Å²) in [6.07, 6.45) is 6.09. The molecule has 0 radical (unpaired) electrons. The van der Waals surface area contributed by atoms with Gasteiger partial charge in [0.2, 0.25) is 0 Å². The van der Waals surface area contributed by atoms with Gasteiger partial charge >= 0.3 is 0 Å². The lowest BCUT2D eigenvalue weighted by Gasteiger charge is -2.07. The largest absolute Gasteiger partial charge is 0.397 e. The molecule has 7 heteroatoms. The van der Waals surface area contributed by atoms with Crippen molar-refractivity contribution >= 4 is 27.4 Å². The minimum absolute atomic E-state index is 0.644. The molecule has 0 unspecified atom stereocenters. The fourth-order valence-corrected chi connectivity index (χ4v) is 1.89. The third-order valence-corrected chi connectivity index (χ3v) is 2.80. The Labute approximate surface area is 107 Å². The van der Waals surface area contributed by atoms with E-state index < -0.39 is 0 Å². The van der Waals surface area contributed by atoms with Crippen LogP contribution >= 0.6 is 15.9 Å². The summed E-state index contributed by atoms with van der Waals surface area (Å²) in [7, 11) is 0. The van der Waals surface area contributed by atoms with Gasteiger partial charge in [-0.2, -0.15) is 0 Å². The molecule has 0 saturated carbocycles. The smallest absolute Gasteiger partial charge is 0.140 e. The highest BCUT2D eigenvalue weighted by atomic mass is 79.9. The highest BCUT2D eigenvalue weighted by molar-refractivity contribution is 9.10. The van der Waals surface area contributed by atoms with Gasteiger partial charge in [0.25, 0.3) is 0 Å². The van der Waals surface area contributed by atoms with E-state index in [0.717, 1.165) is 29.8 Å². The third-order valence-electron chi connectivity index (χ3n) is 2.19. The highest BCUT2D eigenvalue weighted by Gasteiger charge is 2.00. The van der Waals surface area contributed by atoms with Crippen LogP contribution in [0.5, 0.6) is 0 Å². The van der Waals surface area contributed by atoms with Crippen LogP contribution in [0.25, 0.3) is 0 Å². The molecule has 0 aromatic carbocycles. The number of halogens is 1. The SMILES string of the molecule is Nc1cnc(NCCCn2ccnn2)c(Br)c1. The normalized spacial score (nSPS) is 10.4. The monoisotopic (exact) mass is 296 g/mol. The fraction of sp³-hybridized carbons (Fsp3) is 0.300. The molecule has 0 amide bonds. The number of anilines is 2. The van der Waals surface area contributed by atoms with Crippen LogP contribution in [-0.4, -0.2) is 26.5 Å². The molecule has 0 fully saturated rings. The number of rotatable bonds is 5. The minimum Gasteiger partial charge on any atom is -0.397 e. The summed E-state index contributed by atoms with van der Waals surface area (Å²) in [5, 5.41) is 10.9. The first-order valence-electron chi connectivity index (χ1n) is 5.25. The van der Waals surface area contributed by atoms with Crippen LogP contribution < -0.4 is 11.1 Å². The van der Waals surface area contributed by atoms with Crippen molar-refractivity contribution in [3.8, 4) is 0 Å². The first-order chi connectivity index (χ1) is 8.25. The summed E-state index contributed by atoms with van der Waals surface area (Å²) < 4.78 is 2.67. The second kappa shape index (κ2) is 5.62. The maximum absolute atomic E-state index is 5.61. The van der Waals surface area contributed by atoms with E-state index in [1.54, 1.807) is 17.1 Å². The third kappa shape index (κ3) is 3.42. The van der Waals surface area contributed by atoms with E-state index in [4.69, 9.17) is 5.73 Å². The van der Waals surface area contributed by atoms with Crippen molar-refractivity contribution in [2.75, 3.05) is 17.6 Å². The van der Waals surface area contributed by atoms with E-state index in [1.165, 1.54) is 0 Å². The summed E-state index contributed by atoms with van der Waals surface area (Å²) >= 11 is 3.41. The molecule has 0 aliphatic rings. The molecule has 0 saturated heterocycles. The van der Waals surface area contributed by atoms with Gasteiger partial charge in [0, 0.05) is 19.3 Å². The molecule has 2 heterocycles. The topological polar surface area (TPSA) is 81.6 Å². The van der Waals surface area contributed by atoms with Crippen molar-refractivity contribution in [3.63, 3.8) is 0 Å². The molecule has 3 N–H and O–H groups in total. The van der Waals surface area contributed by atoms with Crippen molar-refractivity contribution in [3.05, 3.63) is 29.1 Å². The molecule has 17 heavy (non-hydrogen) atoms. The number of nitrogens with zero attached hydrogens (tertiary/aromatic N) is 4. The summed E-state index contributed by atoms with van der Waals surface area (Å²) in [6.45, 7) is 1.65. The van der Waals surface area contributed by atoms with Crippen LogP contribution in [0.2, 0.25) is 0 Å². The van der Waals surface area contributed by atoms with E-state index >= 15 is 0 Å². The Hall–Kier alpha value is -1.63. The number of aromatic nitrogens is 4. The quantitative estimate of drug-likeness (QED) is 0.818. The first kappa shape index (κ1) is 11.8. The number of nitrogens with two attached hydrogens (primary N) is 1. The maximum Gasteiger partial charge on any atom is 0.140 e. The first-order valence-corrected chi connectivity index (χ1v) is 6.04. The fourth-order valence-electron chi connectivity index (χ4n) is 1.38. The summed E-state index contributed by atoms with van der Waals surface area (Å²) in [6, 6.07) is 1.83. The van der Waals surface area contributed by atoms with Gasteiger partial charge in [0.15, 0.2) is 0 Å². The van der Waals surface area contributed by atoms with Crippen molar-refractivity contribution in [1.82, 2.24) is 20.0 Å². The van der Waals surface area contributed by atoms with Crippen molar-refractivity contribution < 1.29 is 0 Å². The predicted octanol–water partition coefficient (Wildman–Crippen LogP) is 1.52. The van der Waals surface area contributed by atoms with Gasteiger partial charge in [-0.3, -0.25) is 4.68 Å². The van der Waals surface area contributed by atoms with Gasteiger partial charge in [0.1, 0.15) is 5.82 Å². The Morgan fingerprint density at radius 3 is 3.06 bits per heavy atom. The molecule has 0 bridgehead atoms. The molecule has 0 aliphatic carbocycles. The van der Waals surface area contributed by atoms with Gasteiger partial charge in [-0.15, -0.1) is 5.10 Å². The Morgan fingerprint density at radius 1 is 1.47 bits per heavy atom. The van der Waals surface area contributed by atoms with Crippen LogP contribution in [0.1, 0.15) is 6.42 Å². The minimum atomic E-state index is 0.644. The zero-order chi connectivity index (χ0) is 12.1. The lowest BCUT2D eigenvalue weighted by molar-refractivity contribution is 0.569.